The number of rotatable bonds is 5. The third-order valence-electron chi connectivity index (χ3n) is 9.85. The number of hydrogen-bond acceptors (Lipinski definition) is 2. The zero-order valence-electron chi connectivity index (χ0n) is 26.4. The highest BCUT2D eigenvalue weighted by Gasteiger charge is 2.40. The third-order valence-corrected chi connectivity index (χ3v) is 9.85. The maximum Gasteiger partial charge on any atom is 0.136 e. The highest BCUT2D eigenvalue weighted by Crippen LogP contribution is 2.57. The van der Waals surface area contributed by atoms with Gasteiger partial charge in [0.25, 0.3) is 0 Å². The summed E-state index contributed by atoms with van der Waals surface area (Å²) in [6, 6.07) is 58.8. The highest BCUT2D eigenvalue weighted by atomic mass is 16.3. The van der Waals surface area contributed by atoms with Crippen LogP contribution in [-0.4, -0.2) is 0 Å². The van der Waals surface area contributed by atoms with Crippen LogP contribution in [0.2, 0.25) is 0 Å². The molecule has 0 radical (unpaired) electrons. The lowest BCUT2D eigenvalue weighted by molar-refractivity contribution is 0.662. The van der Waals surface area contributed by atoms with Gasteiger partial charge in [-0.25, -0.2) is 0 Å². The number of para-hydroxylation sites is 3. The van der Waals surface area contributed by atoms with Crippen molar-refractivity contribution in [3.63, 3.8) is 0 Å². The molecule has 1 heterocycles. The Kier molecular flexibility index (Phi) is 6.20. The fourth-order valence-corrected chi connectivity index (χ4v) is 7.84. The van der Waals surface area contributed by atoms with Crippen molar-refractivity contribution < 1.29 is 4.42 Å². The molecule has 0 saturated carbocycles. The molecule has 0 saturated heterocycles. The summed E-state index contributed by atoms with van der Waals surface area (Å²) in [6.45, 7) is 4.75. The molecule has 0 spiro atoms. The van der Waals surface area contributed by atoms with Gasteiger partial charge in [0.1, 0.15) is 11.2 Å². The van der Waals surface area contributed by atoms with Crippen molar-refractivity contribution in [1.29, 1.82) is 0 Å². The van der Waals surface area contributed by atoms with Crippen molar-refractivity contribution in [1.82, 2.24) is 0 Å². The molecule has 9 rings (SSSR count). The number of anilines is 3. The molecule has 8 aromatic rings. The second-order valence-corrected chi connectivity index (χ2v) is 12.9. The van der Waals surface area contributed by atoms with Crippen LogP contribution >= 0.6 is 0 Å². The van der Waals surface area contributed by atoms with Crippen LogP contribution in [0, 0.1) is 0 Å². The molecule has 2 heteroatoms. The summed E-state index contributed by atoms with van der Waals surface area (Å²) in [7, 11) is 0. The van der Waals surface area contributed by atoms with Crippen molar-refractivity contribution in [2.45, 2.75) is 19.3 Å². The third kappa shape index (κ3) is 4.18. The Balaban J connectivity index is 1.33. The summed E-state index contributed by atoms with van der Waals surface area (Å²) in [5.41, 5.74) is 15.2. The van der Waals surface area contributed by atoms with Crippen LogP contribution in [0.4, 0.5) is 17.1 Å². The molecule has 0 N–H and O–H groups in total. The molecule has 2 nitrogen and oxygen atoms in total. The maximum absolute atomic E-state index is 6.34. The van der Waals surface area contributed by atoms with Crippen LogP contribution in [0.3, 0.4) is 0 Å². The van der Waals surface area contributed by atoms with Gasteiger partial charge in [-0.2, -0.15) is 0 Å². The average molecular weight is 604 g/mol. The summed E-state index contributed by atoms with van der Waals surface area (Å²) in [4.78, 5) is 2.45. The lowest BCUT2D eigenvalue weighted by Crippen LogP contribution is -2.17. The van der Waals surface area contributed by atoms with Gasteiger partial charge in [-0.3, -0.25) is 0 Å². The second-order valence-electron chi connectivity index (χ2n) is 12.9. The van der Waals surface area contributed by atoms with E-state index in [0.29, 0.717) is 0 Å². The number of hydrogen-bond donors (Lipinski definition) is 0. The van der Waals surface area contributed by atoms with E-state index in [1.807, 2.05) is 6.07 Å². The predicted molar refractivity (Wildman–Crippen MR) is 197 cm³/mol. The molecule has 224 valence electrons. The number of benzene rings is 7. The van der Waals surface area contributed by atoms with Crippen molar-refractivity contribution in [2.24, 2.45) is 0 Å². The van der Waals surface area contributed by atoms with E-state index in [9.17, 15) is 0 Å². The van der Waals surface area contributed by atoms with E-state index in [-0.39, 0.29) is 5.41 Å². The van der Waals surface area contributed by atoms with Crippen LogP contribution in [0.5, 0.6) is 0 Å². The van der Waals surface area contributed by atoms with Crippen molar-refractivity contribution in [2.75, 3.05) is 4.90 Å². The van der Waals surface area contributed by atoms with Gasteiger partial charge in [0.15, 0.2) is 0 Å². The second kappa shape index (κ2) is 10.6. The zero-order valence-corrected chi connectivity index (χ0v) is 26.4. The van der Waals surface area contributed by atoms with Gasteiger partial charge in [-0.15, -0.1) is 0 Å². The average Bonchev–Trinajstić information content (AvgIpc) is 3.62. The minimum Gasteiger partial charge on any atom is -0.456 e. The van der Waals surface area contributed by atoms with Gasteiger partial charge in [-0.05, 0) is 69.8 Å². The first-order valence-electron chi connectivity index (χ1n) is 16.3. The smallest absolute Gasteiger partial charge is 0.136 e. The van der Waals surface area contributed by atoms with Crippen LogP contribution in [0.25, 0.3) is 55.3 Å². The molecule has 0 amide bonds. The van der Waals surface area contributed by atoms with Crippen molar-refractivity contribution in [3.8, 4) is 33.4 Å². The van der Waals surface area contributed by atoms with Gasteiger partial charge >= 0.3 is 0 Å². The molecular weight excluding hydrogens is 571 g/mol. The first kappa shape index (κ1) is 27.5. The van der Waals surface area contributed by atoms with E-state index in [1.165, 1.54) is 39.1 Å². The first-order chi connectivity index (χ1) is 23.1. The topological polar surface area (TPSA) is 16.4 Å². The lowest BCUT2D eigenvalue weighted by Gasteiger charge is -2.30. The molecule has 7 aromatic carbocycles. The molecule has 0 fully saturated rings. The molecule has 1 aromatic heterocycles. The Morgan fingerprint density at radius 2 is 1.06 bits per heavy atom. The molecule has 0 bridgehead atoms. The largest absolute Gasteiger partial charge is 0.456 e. The van der Waals surface area contributed by atoms with Crippen LogP contribution in [0.15, 0.2) is 168 Å². The first-order valence-corrected chi connectivity index (χ1v) is 16.3. The normalized spacial score (nSPS) is 13.1. The summed E-state index contributed by atoms with van der Waals surface area (Å²) in [5.74, 6) is 0. The summed E-state index contributed by atoms with van der Waals surface area (Å²) in [6.07, 6.45) is 0. The minimum atomic E-state index is -0.184. The van der Waals surface area contributed by atoms with E-state index in [4.69, 9.17) is 4.42 Å². The molecular formula is C45H33NO. The minimum absolute atomic E-state index is 0.184. The SMILES string of the molecule is CC1(C)c2cccc(N(c3ccccc3)c3ccccc3-c3cccc4oc5ccccc5c34)c2-c2cccc(-c3ccccc3)c21. The van der Waals surface area contributed by atoms with E-state index in [0.717, 1.165) is 44.4 Å². The molecule has 1 aliphatic carbocycles. The van der Waals surface area contributed by atoms with Gasteiger partial charge in [0, 0.05) is 33.0 Å². The van der Waals surface area contributed by atoms with E-state index < -0.39 is 0 Å². The monoisotopic (exact) mass is 603 g/mol. The van der Waals surface area contributed by atoms with Gasteiger partial charge < -0.3 is 9.32 Å². The van der Waals surface area contributed by atoms with E-state index >= 15 is 0 Å². The van der Waals surface area contributed by atoms with Crippen LogP contribution in [0.1, 0.15) is 25.0 Å². The summed E-state index contributed by atoms with van der Waals surface area (Å²) >= 11 is 0. The summed E-state index contributed by atoms with van der Waals surface area (Å²) < 4.78 is 6.34. The van der Waals surface area contributed by atoms with Gasteiger partial charge in [-0.1, -0.05) is 141 Å². The Morgan fingerprint density at radius 3 is 1.91 bits per heavy atom. The Bertz CT molecular complexity index is 2440. The summed E-state index contributed by atoms with van der Waals surface area (Å²) in [5, 5.41) is 2.27. The fourth-order valence-electron chi connectivity index (χ4n) is 7.84. The number of furan rings is 1. The van der Waals surface area contributed by atoms with Crippen LogP contribution < -0.4 is 4.90 Å². The number of fused-ring (bicyclic) bond motifs is 6. The Morgan fingerprint density at radius 1 is 0.468 bits per heavy atom. The Hall–Kier alpha value is -5.86. The lowest BCUT2D eigenvalue weighted by atomic mass is 9.79. The van der Waals surface area contributed by atoms with Gasteiger partial charge in [0.2, 0.25) is 0 Å². The predicted octanol–water partition coefficient (Wildman–Crippen LogP) is 12.7. The fraction of sp³-hybridized carbons (Fsp3) is 0.0667. The Labute approximate surface area is 275 Å². The standard InChI is InChI=1S/C45H33NO/c1-45(2)37-25-15-27-39(43(37)36-24-13-22-32(44(36)45)30-16-5-3-6-17-30)46(31-18-7-4-8-19-31)38-26-11-9-20-33(38)34-23-14-29-41-42(34)35-21-10-12-28-40(35)47-41/h3-29H,1-2H3. The zero-order chi connectivity index (χ0) is 31.5. The quantitative estimate of drug-likeness (QED) is 0.195. The molecule has 0 aliphatic heterocycles. The van der Waals surface area contributed by atoms with E-state index in [2.05, 4.69) is 176 Å². The molecule has 1 aliphatic rings. The van der Waals surface area contributed by atoms with Crippen molar-refractivity contribution >= 4 is 39.0 Å². The van der Waals surface area contributed by atoms with Crippen molar-refractivity contribution in [3.05, 3.63) is 175 Å². The molecule has 0 unspecified atom stereocenters. The van der Waals surface area contributed by atoms with E-state index in [1.54, 1.807) is 0 Å². The molecule has 0 atom stereocenters. The van der Waals surface area contributed by atoms with Gasteiger partial charge in [0.05, 0.1) is 11.4 Å². The number of nitrogens with zero attached hydrogens (tertiary/aromatic N) is 1. The molecule has 47 heavy (non-hydrogen) atoms. The highest BCUT2D eigenvalue weighted by molar-refractivity contribution is 6.14. The van der Waals surface area contributed by atoms with Crippen LogP contribution in [-0.2, 0) is 5.41 Å². The maximum atomic E-state index is 6.34.